The molecule has 0 amide bonds. The highest BCUT2D eigenvalue weighted by molar-refractivity contribution is 6.30. The van der Waals surface area contributed by atoms with Crippen molar-refractivity contribution >= 4 is 17.9 Å². The number of carbonyl (C=O) groups is 1. The van der Waals surface area contributed by atoms with Crippen molar-refractivity contribution in [2.45, 2.75) is 31.1 Å². The zero-order valence-electron chi connectivity index (χ0n) is 14.2. The molecular weight excluding hydrogens is 358 g/mol. The molecular formula is C21H19ClF2O2. The lowest BCUT2D eigenvalue weighted by Crippen LogP contribution is -2.51. The average molecular weight is 377 g/mol. The summed E-state index contributed by atoms with van der Waals surface area (Å²) in [6, 6.07) is 9.67. The Balaban J connectivity index is 1.89. The smallest absolute Gasteiger partial charge is 0.165 e. The van der Waals surface area contributed by atoms with Gasteiger partial charge in [-0.2, -0.15) is 0 Å². The van der Waals surface area contributed by atoms with E-state index in [0.29, 0.717) is 17.9 Å². The van der Waals surface area contributed by atoms with Crippen LogP contribution in [0.2, 0.25) is 5.02 Å². The third-order valence-corrected chi connectivity index (χ3v) is 6.21. The second-order valence-corrected chi connectivity index (χ2v) is 7.74. The predicted molar refractivity (Wildman–Crippen MR) is 95.6 cm³/mol. The largest absolute Gasteiger partial charge is 0.490 e. The Labute approximate surface area is 156 Å². The molecule has 1 aliphatic heterocycles. The van der Waals surface area contributed by atoms with E-state index in [1.807, 2.05) is 12.1 Å². The first-order valence-corrected chi connectivity index (χ1v) is 9.24. The van der Waals surface area contributed by atoms with Crippen molar-refractivity contribution in [2.24, 2.45) is 11.8 Å². The lowest BCUT2D eigenvalue weighted by molar-refractivity contribution is -0.116. The Morgan fingerprint density at radius 1 is 1.15 bits per heavy atom. The molecule has 0 bridgehead atoms. The van der Waals surface area contributed by atoms with Crippen LogP contribution in [-0.4, -0.2) is 12.9 Å². The summed E-state index contributed by atoms with van der Waals surface area (Å²) in [7, 11) is 0. The number of halogens is 3. The molecule has 3 atom stereocenters. The van der Waals surface area contributed by atoms with Crippen LogP contribution in [0.4, 0.5) is 8.78 Å². The van der Waals surface area contributed by atoms with Gasteiger partial charge in [0.1, 0.15) is 12.1 Å². The van der Waals surface area contributed by atoms with Crippen LogP contribution < -0.4 is 4.74 Å². The van der Waals surface area contributed by atoms with Crippen LogP contribution in [0.1, 0.15) is 30.4 Å². The lowest BCUT2D eigenvalue weighted by atomic mass is 9.56. The fourth-order valence-electron chi connectivity index (χ4n) is 4.79. The summed E-state index contributed by atoms with van der Waals surface area (Å²) in [6.07, 6.45) is 3.72. The summed E-state index contributed by atoms with van der Waals surface area (Å²) in [5.74, 6) is -1.41. The van der Waals surface area contributed by atoms with Gasteiger partial charge >= 0.3 is 0 Å². The molecule has 2 aliphatic rings. The molecule has 4 rings (SSSR count). The molecule has 0 saturated heterocycles. The van der Waals surface area contributed by atoms with Crippen LogP contribution in [0.5, 0.6) is 5.75 Å². The lowest BCUT2D eigenvalue weighted by Gasteiger charge is -2.50. The van der Waals surface area contributed by atoms with Gasteiger partial charge in [0.05, 0.1) is 6.61 Å². The van der Waals surface area contributed by atoms with Crippen LogP contribution in [0.15, 0.2) is 36.4 Å². The number of fused-ring (bicyclic) bond motifs is 3. The first kappa shape index (κ1) is 17.5. The quantitative estimate of drug-likeness (QED) is 0.696. The SMILES string of the molecule is O=C[C@@H]1CCC[C@@]2(Cc3ccc(Cl)cc3)c3c(F)ccc(F)c3OCC12. The molecule has 136 valence electrons. The molecule has 1 fully saturated rings. The molecule has 2 aromatic rings. The van der Waals surface area contributed by atoms with E-state index in [9.17, 15) is 13.6 Å². The summed E-state index contributed by atoms with van der Waals surface area (Å²) in [6.45, 7) is 0.227. The molecule has 0 N–H and O–H groups in total. The zero-order chi connectivity index (χ0) is 18.3. The summed E-state index contributed by atoms with van der Waals surface area (Å²) in [5.41, 5.74) is 0.620. The van der Waals surface area contributed by atoms with Gasteiger partial charge in [-0.15, -0.1) is 0 Å². The Kier molecular flexibility index (Phi) is 4.47. The highest BCUT2D eigenvalue weighted by Crippen LogP contribution is 2.54. The number of rotatable bonds is 3. The van der Waals surface area contributed by atoms with E-state index in [-0.39, 0.29) is 29.8 Å². The Morgan fingerprint density at radius 3 is 2.62 bits per heavy atom. The molecule has 0 radical (unpaired) electrons. The van der Waals surface area contributed by atoms with Crippen LogP contribution >= 0.6 is 11.6 Å². The Morgan fingerprint density at radius 2 is 1.88 bits per heavy atom. The van der Waals surface area contributed by atoms with Crippen LogP contribution in [0, 0.1) is 23.5 Å². The number of aldehydes is 1. The minimum Gasteiger partial charge on any atom is -0.490 e. The van der Waals surface area contributed by atoms with Gasteiger partial charge in [0.25, 0.3) is 0 Å². The molecule has 1 saturated carbocycles. The van der Waals surface area contributed by atoms with Crippen molar-refractivity contribution in [2.75, 3.05) is 6.61 Å². The van der Waals surface area contributed by atoms with E-state index in [1.165, 1.54) is 0 Å². The number of ether oxygens (including phenoxy) is 1. The van der Waals surface area contributed by atoms with Crippen molar-refractivity contribution in [3.8, 4) is 5.75 Å². The molecule has 1 aliphatic carbocycles. The van der Waals surface area contributed by atoms with Gasteiger partial charge in [-0.25, -0.2) is 8.78 Å². The molecule has 1 heterocycles. The second kappa shape index (κ2) is 6.66. The summed E-state index contributed by atoms with van der Waals surface area (Å²) < 4.78 is 34.9. The van der Waals surface area contributed by atoms with Gasteiger partial charge < -0.3 is 9.53 Å². The molecule has 1 unspecified atom stereocenters. The second-order valence-electron chi connectivity index (χ2n) is 7.30. The van der Waals surface area contributed by atoms with E-state index in [1.54, 1.807) is 12.1 Å². The monoisotopic (exact) mass is 376 g/mol. The third-order valence-electron chi connectivity index (χ3n) is 5.96. The predicted octanol–water partition coefficient (Wildman–Crippen LogP) is 5.11. The van der Waals surface area contributed by atoms with Gasteiger partial charge in [0.2, 0.25) is 0 Å². The van der Waals surface area contributed by atoms with E-state index in [2.05, 4.69) is 0 Å². The minimum absolute atomic E-state index is 0.00163. The highest BCUT2D eigenvalue weighted by atomic mass is 35.5. The normalized spacial score (nSPS) is 27.2. The first-order valence-electron chi connectivity index (χ1n) is 8.86. The van der Waals surface area contributed by atoms with E-state index >= 15 is 0 Å². The van der Waals surface area contributed by atoms with Crippen LogP contribution in [0.25, 0.3) is 0 Å². The van der Waals surface area contributed by atoms with Gasteiger partial charge in [-0.05, 0) is 49.1 Å². The van der Waals surface area contributed by atoms with Crippen molar-refractivity contribution in [3.63, 3.8) is 0 Å². The maximum atomic E-state index is 14.9. The van der Waals surface area contributed by atoms with Crippen molar-refractivity contribution in [1.29, 1.82) is 0 Å². The summed E-state index contributed by atoms with van der Waals surface area (Å²) in [5, 5.41) is 0.627. The first-order chi connectivity index (χ1) is 12.5. The fourth-order valence-corrected chi connectivity index (χ4v) is 4.92. The van der Waals surface area contributed by atoms with Crippen LogP contribution in [-0.2, 0) is 16.6 Å². The summed E-state index contributed by atoms with van der Waals surface area (Å²) >= 11 is 5.99. The van der Waals surface area contributed by atoms with Crippen molar-refractivity contribution in [3.05, 3.63) is 64.2 Å². The molecule has 2 nitrogen and oxygen atoms in total. The topological polar surface area (TPSA) is 26.3 Å². The zero-order valence-corrected chi connectivity index (χ0v) is 14.9. The number of carbonyl (C=O) groups excluding carboxylic acids is 1. The molecule has 26 heavy (non-hydrogen) atoms. The standard InChI is InChI=1S/C21H19ClF2O2/c22-15-5-3-13(4-6-15)10-21-9-1-2-14(11-25)16(21)12-26-20-18(24)8-7-17(23)19(20)21/h3-8,11,14,16H,1-2,9-10,12H2/t14-,16?,21-/m0/s1. The summed E-state index contributed by atoms with van der Waals surface area (Å²) in [4.78, 5) is 11.7. The maximum Gasteiger partial charge on any atom is 0.165 e. The Hall–Kier alpha value is -1.94. The van der Waals surface area contributed by atoms with E-state index in [0.717, 1.165) is 36.8 Å². The Bertz CT molecular complexity index is 837. The van der Waals surface area contributed by atoms with Gasteiger partial charge in [0.15, 0.2) is 11.6 Å². The minimum atomic E-state index is -0.655. The van der Waals surface area contributed by atoms with Crippen LogP contribution in [0.3, 0.4) is 0 Å². The van der Waals surface area contributed by atoms with Gasteiger partial charge in [-0.1, -0.05) is 30.2 Å². The molecule has 0 aromatic heterocycles. The van der Waals surface area contributed by atoms with Crippen molar-refractivity contribution < 1.29 is 18.3 Å². The van der Waals surface area contributed by atoms with Gasteiger partial charge in [-0.3, -0.25) is 0 Å². The van der Waals surface area contributed by atoms with E-state index < -0.39 is 17.0 Å². The fraction of sp³-hybridized carbons (Fsp3) is 0.381. The maximum absolute atomic E-state index is 14.9. The molecule has 5 heteroatoms. The van der Waals surface area contributed by atoms with Gasteiger partial charge in [0, 0.05) is 27.8 Å². The molecule has 0 spiro atoms. The number of benzene rings is 2. The highest BCUT2D eigenvalue weighted by Gasteiger charge is 2.52. The molecule has 2 aromatic carbocycles. The van der Waals surface area contributed by atoms with Crippen molar-refractivity contribution in [1.82, 2.24) is 0 Å². The number of hydrogen-bond acceptors (Lipinski definition) is 2. The average Bonchev–Trinajstić information content (AvgIpc) is 2.65. The number of hydrogen-bond donors (Lipinski definition) is 0. The third kappa shape index (κ3) is 2.71. The van der Waals surface area contributed by atoms with E-state index in [4.69, 9.17) is 16.3 Å².